The lowest BCUT2D eigenvalue weighted by atomic mass is 9.90. The monoisotopic (exact) mass is 270 g/mol. The summed E-state index contributed by atoms with van der Waals surface area (Å²) in [6.45, 7) is 1.33. The first-order chi connectivity index (χ1) is 8.74. The van der Waals surface area contributed by atoms with Crippen molar-refractivity contribution in [3.05, 3.63) is 53.3 Å². The highest BCUT2D eigenvalue weighted by Crippen LogP contribution is 2.39. The fourth-order valence-corrected chi connectivity index (χ4v) is 2.12. The second-order valence-electron chi connectivity index (χ2n) is 4.47. The minimum Gasteiger partial charge on any atom is -0.379 e. The van der Waals surface area contributed by atoms with Crippen LogP contribution in [-0.4, -0.2) is 14.9 Å². The summed E-state index contributed by atoms with van der Waals surface area (Å²) in [6.07, 6.45) is -3.82. The highest BCUT2D eigenvalue weighted by molar-refractivity contribution is 5.36. The van der Waals surface area contributed by atoms with Crippen LogP contribution in [0.15, 0.2) is 36.5 Å². The van der Waals surface area contributed by atoms with E-state index in [-0.39, 0.29) is 5.69 Å². The van der Waals surface area contributed by atoms with Gasteiger partial charge in [0.1, 0.15) is 5.60 Å². The van der Waals surface area contributed by atoms with Crippen molar-refractivity contribution in [1.29, 1.82) is 0 Å². The van der Waals surface area contributed by atoms with E-state index in [0.29, 0.717) is 5.56 Å². The minimum atomic E-state index is -4.55. The molecule has 1 aromatic carbocycles. The predicted octanol–water partition coefficient (Wildman–Crippen LogP) is 2.69. The van der Waals surface area contributed by atoms with Crippen LogP contribution in [0.3, 0.4) is 0 Å². The molecule has 0 fully saturated rings. The molecular formula is C13H13F3N2O. The van der Waals surface area contributed by atoms with Gasteiger partial charge in [-0.05, 0) is 12.5 Å². The summed E-state index contributed by atoms with van der Waals surface area (Å²) >= 11 is 0. The Balaban J connectivity index is 2.62. The lowest BCUT2D eigenvalue weighted by Gasteiger charge is -2.26. The summed E-state index contributed by atoms with van der Waals surface area (Å²) in [5.74, 6) is 0. The van der Waals surface area contributed by atoms with Gasteiger partial charge in [-0.15, -0.1) is 0 Å². The third kappa shape index (κ3) is 2.35. The number of hydrogen-bond acceptors (Lipinski definition) is 2. The fourth-order valence-electron chi connectivity index (χ4n) is 2.12. The molecule has 0 saturated carbocycles. The Morgan fingerprint density at radius 2 is 1.74 bits per heavy atom. The molecule has 1 N–H and O–H groups in total. The number of benzene rings is 1. The molecule has 0 bridgehead atoms. The largest absolute Gasteiger partial charge is 0.419 e. The molecule has 0 aliphatic carbocycles. The van der Waals surface area contributed by atoms with Crippen molar-refractivity contribution in [1.82, 2.24) is 9.78 Å². The van der Waals surface area contributed by atoms with Gasteiger partial charge in [-0.2, -0.15) is 18.3 Å². The third-order valence-electron chi connectivity index (χ3n) is 3.04. The van der Waals surface area contributed by atoms with Gasteiger partial charge in [-0.3, -0.25) is 4.68 Å². The Hall–Kier alpha value is -1.82. The number of aryl methyl sites for hydroxylation is 1. The van der Waals surface area contributed by atoms with Crippen molar-refractivity contribution in [2.45, 2.75) is 18.7 Å². The van der Waals surface area contributed by atoms with Crippen molar-refractivity contribution < 1.29 is 18.3 Å². The average Bonchev–Trinajstić information content (AvgIpc) is 2.73. The maximum absolute atomic E-state index is 12.9. The molecule has 102 valence electrons. The number of rotatable bonds is 2. The van der Waals surface area contributed by atoms with Crippen LogP contribution in [-0.2, 0) is 18.8 Å². The molecule has 1 atom stereocenters. The molecule has 0 spiro atoms. The summed E-state index contributed by atoms with van der Waals surface area (Å²) < 4.78 is 39.9. The molecular weight excluding hydrogens is 257 g/mol. The molecule has 1 unspecified atom stereocenters. The van der Waals surface area contributed by atoms with Crippen molar-refractivity contribution in [2.75, 3.05) is 0 Å². The summed E-state index contributed by atoms with van der Waals surface area (Å²) in [4.78, 5) is 0. The first-order valence-corrected chi connectivity index (χ1v) is 5.62. The highest BCUT2D eigenvalue weighted by Gasteiger charge is 2.42. The quantitative estimate of drug-likeness (QED) is 0.911. The number of halogens is 3. The normalized spacial score (nSPS) is 15.3. The van der Waals surface area contributed by atoms with E-state index in [0.717, 1.165) is 10.9 Å². The standard InChI is InChI=1S/C13H13F3N2O/c1-12(19,9-6-4-3-5-7-9)11-10(13(14,15)16)8-17-18(11)2/h3-8,19H,1-2H3. The van der Waals surface area contributed by atoms with Crippen LogP contribution in [0.5, 0.6) is 0 Å². The average molecular weight is 270 g/mol. The first-order valence-electron chi connectivity index (χ1n) is 5.62. The zero-order chi connectivity index (χ0) is 14.3. The van der Waals surface area contributed by atoms with Gasteiger partial charge in [0, 0.05) is 7.05 Å². The second-order valence-corrected chi connectivity index (χ2v) is 4.47. The van der Waals surface area contributed by atoms with Gasteiger partial charge in [0.15, 0.2) is 0 Å². The smallest absolute Gasteiger partial charge is 0.379 e. The minimum absolute atomic E-state index is 0.272. The first kappa shape index (κ1) is 13.6. The van der Waals surface area contributed by atoms with Gasteiger partial charge in [0.05, 0.1) is 17.5 Å². The summed E-state index contributed by atoms with van der Waals surface area (Å²) in [5.41, 5.74) is -2.59. The van der Waals surface area contributed by atoms with E-state index in [4.69, 9.17) is 0 Å². The van der Waals surface area contributed by atoms with Crippen molar-refractivity contribution in [3.8, 4) is 0 Å². The number of hydrogen-bond donors (Lipinski definition) is 1. The van der Waals surface area contributed by atoms with Gasteiger partial charge in [0.25, 0.3) is 0 Å². The van der Waals surface area contributed by atoms with Crippen LogP contribution >= 0.6 is 0 Å². The molecule has 1 heterocycles. The van der Waals surface area contributed by atoms with E-state index in [9.17, 15) is 18.3 Å². The number of aliphatic hydroxyl groups is 1. The number of alkyl halides is 3. The Bertz CT molecular complexity index is 573. The van der Waals surface area contributed by atoms with Gasteiger partial charge in [-0.25, -0.2) is 0 Å². The summed E-state index contributed by atoms with van der Waals surface area (Å²) in [5, 5.41) is 14.1. The topological polar surface area (TPSA) is 38.0 Å². The van der Waals surface area contributed by atoms with Gasteiger partial charge in [0.2, 0.25) is 0 Å². The van der Waals surface area contributed by atoms with Crippen LogP contribution in [0.25, 0.3) is 0 Å². The summed E-state index contributed by atoms with van der Waals surface area (Å²) in [7, 11) is 1.38. The van der Waals surface area contributed by atoms with E-state index in [1.807, 2.05) is 0 Å². The molecule has 0 aliphatic rings. The zero-order valence-electron chi connectivity index (χ0n) is 10.4. The van der Waals surface area contributed by atoms with Gasteiger partial charge in [-0.1, -0.05) is 30.3 Å². The van der Waals surface area contributed by atoms with E-state index in [1.165, 1.54) is 14.0 Å². The van der Waals surface area contributed by atoms with Crippen molar-refractivity contribution in [3.63, 3.8) is 0 Å². The molecule has 0 saturated heterocycles. The van der Waals surface area contributed by atoms with Crippen LogP contribution < -0.4 is 0 Å². The molecule has 2 rings (SSSR count). The van der Waals surface area contributed by atoms with Crippen LogP contribution in [0.2, 0.25) is 0 Å². The third-order valence-corrected chi connectivity index (χ3v) is 3.04. The van der Waals surface area contributed by atoms with Gasteiger partial charge >= 0.3 is 6.18 Å². The van der Waals surface area contributed by atoms with E-state index in [1.54, 1.807) is 30.3 Å². The SMILES string of the molecule is Cn1ncc(C(F)(F)F)c1C(C)(O)c1ccccc1. The molecule has 0 amide bonds. The predicted molar refractivity (Wildman–Crippen MR) is 63.3 cm³/mol. The van der Waals surface area contributed by atoms with Crippen molar-refractivity contribution >= 4 is 0 Å². The number of aromatic nitrogens is 2. The van der Waals surface area contributed by atoms with E-state index in [2.05, 4.69) is 5.10 Å². The molecule has 6 heteroatoms. The molecule has 19 heavy (non-hydrogen) atoms. The number of nitrogens with zero attached hydrogens (tertiary/aromatic N) is 2. The van der Waals surface area contributed by atoms with Crippen LogP contribution in [0.1, 0.15) is 23.7 Å². The summed E-state index contributed by atoms with van der Waals surface area (Å²) in [6, 6.07) is 8.20. The zero-order valence-corrected chi connectivity index (χ0v) is 10.4. The lowest BCUT2D eigenvalue weighted by Crippen LogP contribution is -2.29. The van der Waals surface area contributed by atoms with Gasteiger partial charge < -0.3 is 5.11 Å². The Morgan fingerprint density at radius 3 is 2.26 bits per heavy atom. The molecule has 0 aliphatic heterocycles. The maximum atomic E-state index is 12.9. The van der Waals surface area contributed by atoms with Crippen LogP contribution in [0, 0.1) is 0 Å². The highest BCUT2D eigenvalue weighted by atomic mass is 19.4. The molecule has 2 aromatic rings. The Morgan fingerprint density at radius 1 is 1.16 bits per heavy atom. The van der Waals surface area contributed by atoms with Crippen LogP contribution in [0.4, 0.5) is 13.2 Å². The fraction of sp³-hybridized carbons (Fsp3) is 0.308. The molecule has 0 radical (unpaired) electrons. The lowest BCUT2D eigenvalue weighted by molar-refractivity contribution is -0.140. The van der Waals surface area contributed by atoms with E-state index >= 15 is 0 Å². The van der Waals surface area contributed by atoms with Crippen molar-refractivity contribution in [2.24, 2.45) is 7.05 Å². The second kappa shape index (κ2) is 4.38. The van der Waals surface area contributed by atoms with E-state index < -0.39 is 17.3 Å². The Labute approximate surface area is 108 Å². The Kier molecular flexibility index (Phi) is 3.14. The molecule has 1 aromatic heterocycles. The maximum Gasteiger partial charge on any atom is 0.419 e. The molecule has 3 nitrogen and oxygen atoms in total.